The molecule has 9 heteroatoms. The van der Waals surface area contributed by atoms with Crippen molar-refractivity contribution in [3.63, 3.8) is 0 Å². The summed E-state index contributed by atoms with van der Waals surface area (Å²) in [5.74, 6) is -0.163. The minimum Gasteiger partial charge on any atom is -0.377 e. The Hall–Kier alpha value is -2.77. The van der Waals surface area contributed by atoms with Crippen molar-refractivity contribution < 1.29 is 17.9 Å². The highest BCUT2D eigenvalue weighted by Crippen LogP contribution is 2.17. The molecule has 0 saturated carbocycles. The summed E-state index contributed by atoms with van der Waals surface area (Å²) >= 11 is 0. The molecule has 1 N–H and O–H groups in total. The van der Waals surface area contributed by atoms with Gasteiger partial charge < -0.3 is 9.64 Å². The Morgan fingerprint density at radius 2 is 1.88 bits per heavy atom. The van der Waals surface area contributed by atoms with Crippen molar-refractivity contribution in [3.05, 3.63) is 65.2 Å². The number of carbonyl (C=O) groups excluding carboxylic acids is 1. The van der Waals surface area contributed by atoms with Crippen LogP contribution in [0.1, 0.15) is 34.3 Å². The summed E-state index contributed by atoms with van der Waals surface area (Å²) in [4.78, 5) is 17.1. The number of nitrogens with zero attached hydrogens (tertiary/aromatic N) is 3. The number of nitrogens with one attached hydrogen (secondary N) is 1. The summed E-state index contributed by atoms with van der Waals surface area (Å²) in [7, 11) is -3.71. The molecule has 2 heterocycles. The molecule has 0 aromatic heterocycles. The molecule has 2 aliphatic rings. The fourth-order valence-corrected chi connectivity index (χ4v) is 5.23. The van der Waals surface area contributed by atoms with Gasteiger partial charge in [0.05, 0.1) is 22.6 Å². The minimum absolute atomic E-state index is 0.0887. The van der Waals surface area contributed by atoms with Gasteiger partial charge in [0, 0.05) is 51.4 Å². The van der Waals surface area contributed by atoms with Crippen molar-refractivity contribution in [2.45, 2.75) is 30.4 Å². The van der Waals surface area contributed by atoms with Gasteiger partial charge in [-0.2, -0.15) is 5.26 Å². The molecule has 174 valence electrons. The van der Waals surface area contributed by atoms with Crippen LogP contribution in [0.15, 0.2) is 53.4 Å². The molecule has 1 amide bonds. The third kappa shape index (κ3) is 5.97. The van der Waals surface area contributed by atoms with Crippen LogP contribution in [0, 0.1) is 11.3 Å². The van der Waals surface area contributed by atoms with Gasteiger partial charge in [-0.1, -0.05) is 18.2 Å². The minimum atomic E-state index is -3.71. The highest BCUT2D eigenvalue weighted by Gasteiger charge is 2.24. The number of nitriles is 1. The van der Waals surface area contributed by atoms with Gasteiger partial charge in [0.1, 0.15) is 0 Å². The SMILES string of the molecule is N#Cc1ccc(CN2CCN(C(=O)c3cccc(S(=O)(=O)NCC4CCCO4)c3)CC2)cc1. The van der Waals surface area contributed by atoms with Gasteiger partial charge in [0.25, 0.3) is 5.91 Å². The average molecular weight is 469 g/mol. The molecule has 0 bridgehead atoms. The largest absolute Gasteiger partial charge is 0.377 e. The van der Waals surface area contributed by atoms with Crippen LogP contribution in [0.3, 0.4) is 0 Å². The second kappa shape index (κ2) is 10.4. The van der Waals surface area contributed by atoms with Crippen LogP contribution in [0.25, 0.3) is 0 Å². The fourth-order valence-electron chi connectivity index (χ4n) is 4.12. The van der Waals surface area contributed by atoms with Crippen molar-refractivity contribution in [1.82, 2.24) is 14.5 Å². The summed E-state index contributed by atoms with van der Waals surface area (Å²) < 4.78 is 33.4. The van der Waals surface area contributed by atoms with Crippen molar-refractivity contribution in [3.8, 4) is 6.07 Å². The van der Waals surface area contributed by atoms with Gasteiger partial charge in [-0.15, -0.1) is 0 Å². The van der Waals surface area contributed by atoms with Gasteiger partial charge >= 0.3 is 0 Å². The van der Waals surface area contributed by atoms with E-state index in [0.29, 0.717) is 30.8 Å². The molecule has 0 aliphatic carbocycles. The van der Waals surface area contributed by atoms with E-state index in [4.69, 9.17) is 10.00 Å². The number of benzene rings is 2. The fraction of sp³-hybridized carbons (Fsp3) is 0.417. The van der Waals surface area contributed by atoms with Gasteiger partial charge in [-0.25, -0.2) is 13.1 Å². The number of amides is 1. The Kier molecular flexibility index (Phi) is 7.40. The van der Waals surface area contributed by atoms with Gasteiger partial charge in [-0.05, 0) is 48.7 Å². The first kappa shape index (κ1) is 23.4. The Labute approximate surface area is 194 Å². The van der Waals surface area contributed by atoms with E-state index in [-0.39, 0.29) is 23.5 Å². The van der Waals surface area contributed by atoms with Crippen molar-refractivity contribution in [2.75, 3.05) is 39.3 Å². The number of ether oxygens (including phenoxy) is 1. The lowest BCUT2D eigenvalue weighted by Crippen LogP contribution is -2.48. The molecule has 1 atom stereocenters. The van der Waals surface area contributed by atoms with Crippen LogP contribution in [0.2, 0.25) is 0 Å². The Morgan fingerprint density at radius 3 is 2.55 bits per heavy atom. The zero-order chi connectivity index (χ0) is 23.3. The first-order valence-corrected chi connectivity index (χ1v) is 12.6. The molecule has 33 heavy (non-hydrogen) atoms. The molecule has 2 aromatic carbocycles. The molecule has 2 fully saturated rings. The van der Waals surface area contributed by atoms with Crippen LogP contribution >= 0.6 is 0 Å². The Balaban J connectivity index is 1.33. The molecule has 1 unspecified atom stereocenters. The highest BCUT2D eigenvalue weighted by atomic mass is 32.2. The average Bonchev–Trinajstić information content (AvgIpc) is 3.37. The van der Waals surface area contributed by atoms with Gasteiger partial charge in [0.2, 0.25) is 10.0 Å². The standard InChI is InChI=1S/C24H28N4O4S/c25-16-19-6-8-20(9-7-19)18-27-10-12-28(13-11-27)24(29)21-3-1-5-23(15-21)33(30,31)26-17-22-4-2-14-32-22/h1,3,5-9,15,22,26H,2,4,10-14,17-18H2. The van der Waals surface area contributed by atoms with E-state index in [1.807, 2.05) is 24.3 Å². The molecule has 0 radical (unpaired) electrons. The lowest BCUT2D eigenvalue weighted by atomic mass is 10.1. The maximum absolute atomic E-state index is 13.0. The number of piperazine rings is 1. The monoisotopic (exact) mass is 468 g/mol. The highest BCUT2D eigenvalue weighted by molar-refractivity contribution is 7.89. The normalized spacial score (nSPS) is 19.4. The summed E-state index contributed by atoms with van der Waals surface area (Å²) in [5, 5.41) is 8.92. The van der Waals surface area contributed by atoms with Crippen LogP contribution in [-0.2, 0) is 21.3 Å². The lowest BCUT2D eigenvalue weighted by Gasteiger charge is -2.34. The maximum Gasteiger partial charge on any atom is 0.253 e. The van der Waals surface area contributed by atoms with Crippen LogP contribution in [0.4, 0.5) is 0 Å². The van der Waals surface area contributed by atoms with Gasteiger partial charge in [0.15, 0.2) is 0 Å². The summed E-state index contributed by atoms with van der Waals surface area (Å²) in [6, 6.07) is 15.9. The maximum atomic E-state index is 13.0. The molecular formula is C24H28N4O4S. The molecule has 2 aromatic rings. The van der Waals surface area contributed by atoms with E-state index >= 15 is 0 Å². The second-order valence-corrected chi connectivity index (χ2v) is 10.2. The number of hydrogen-bond donors (Lipinski definition) is 1. The van der Waals surface area contributed by atoms with E-state index in [1.165, 1.54) is 12.1 Å². The van der Waals surface area contributed by atoms with Crippen molar-refractivity contribution in [2.24, 2.45) is 0 Å². The molecule has 2 saturated heterocycles. The van der Waals surface area contributed by atoms with Crippen molar-refractivity contribution in [1.29, 1.82) is 5.26 Å². The summed E-state index contributed by atoms with van der Waals surface area (Å²) in [5.41, 5.74) is 2.14. The quantitative estimate of drug-likeness (QED) is 0.667. The summed E-state index contributed by atoms with van der Waals surface area (Å²) in [6.07, 6.45) is 1.69. The topological polar surface area (TPSA) is 103 Å². The van der Waals surface area contributed by atoms with Gasteiger partial charge in [-0.3, -0.25) is 9.69 Å². The molecule has 0 spiro atoms. The Bertz CT molecular complexity index is 1110. The summed E-state index contributed by atoms with van der Waals surface area (Å²) in [6.45, 7) is 4.27. The number of rotatable bonds is 7. The number of carbonyl (C=O) groups is 1. The molecular weight excluding hydrogens is 440 g/mol. The van der Waals surface area contributed by atoms with E-state index in [1.54, 1.807) is 17.0 Å². The molecule has 4 rings (SSSR count). The predicted octanol–water partition coefficient (Wildman–Crippen LogP) is 1.97. The van der Waals surface area contributed by atoms with Crippen LogP contribution < -0.4 is 4.72 Å². The predicted molar refractivity (Wildman–Crippen MR) is 123 cm³/mol. The first-order chi connectivity index (χ1) is 15.9. The first-order valence-electron chi connectivity index (χ1n) is 11.2. The Morgan fingerprint density at radius 1 is 1.12 bits per heavy atom. The molecule has 2 aliphatic heterocycles. The third-order valence-electron chi connectivity index (χ3n) is 6.07. The van der Waals surface area contributed by atoms with E-state index in [2.05, 4.69) is 15.7 Å². The lowest BCUT2D eigenvalue weighted by molar-refractivity contribution is 0.0628. The van der Waals surface area contributed by atoms with E-state index < -0.39 is 10.0 Å². The smallest absolute Gasteiger partial charge is 0.253 e. The molecule has 8 nitrogen and oxygen atoms in total. The number of sulfonamides is 1. The third-order valence-corrected chi connectivity index (χ3v) is 7.49. The van der Waals surface area contributed by atoms with E-state index in [0.717, 1.165) is 38.0 Å². The number of hydrogen-bond acceptors (Lipinski definition) is 6. The zero-order valence-corrected chi connectivity index (χ0v) is 19.3. The van der Waals surface area contributed by atoms with E-state index in [9.17, 15) is 13.2 Å². The van der Waals surface area contributed by atoms with Crippen LogP contribution in [-0.4, -0.2) is 69.6 Å². The van der Waals surface area contributed by atoms with Crippen molar-refractivity contribution >= 4 is 15.9 Å². The van der Waals surface area contributed by atoms with Crippen LogP contribution in [0.5, 0.6) is 0 Å². The second-order valence-electron chi connectivity index (χ2n) is 8.39. The zero-order valence-electron chi connectivity index (χ0n) is 18.4.